The van der Waals surface area contributed by atoms with Gasteiger partial charge in [0.2, 0.25) is 5.91 Å². The van der Waals surface area contributed by atoms with Crippen molar-refractivity contribution < 1.29 is 4.79 Å². The maximum Gasteiger partial charge on any atom is 0.236 e. The third-order valence-electron chi connectivity index (χ3n) is 3.67. The summed E-state index contributed by atoms with van der Waals surface area (Å²) in [5.74, 6) is 0.0224. The molecule has 0 spiro atoms. The molecule has 1 aromatic heterocycles. The Labute approximate surface area is 111 Å². The largest absolute Gasteiger partial charge is 0.361 e. The first-order chi connectivity index (χ1) is 9.29. The molecule has 19 heavy (non-hydrogen) atoms. The van der Waals surface area contributed by atoms with Crippen molar-refractivity contribution in [1.29, 1.82) is 0 Å². The highest BCUT2D eigenvalue weighted by Crippen LogP contribution is 2.28. The van der Waals surface area contributed by atoms with Crippen molar-refractivity contribution in [3.63, 3.8) is 0 Å². The number of hydrogen-bond donors (Lipinski definition) is 2. The Balaban J connectivity index is 1.88. The molecule has 98 valence electrons. The molecule has 0 saturated heterocycles. The molecule has 2 aromatic rings. The maximum atomic E-state index is 11.5. The zero-order chi connectivity index (χ0) is 13.2. The summed E-state index contributed by atoms with van der Waals surface area (Å²) in [5, 5.41) is 1.24. The van der Waals surface area contributed by atoms with Gasteiger partial charge >= 0.3 is 0 Å². The second kappa shape index (κ2) is 4.90. The number of benzene rings is 1. The van der Waals surface area contributed by atoms with Gasteiger partial charge in [-0.1, -0.05) is 24.3 Å². The number of nitrogens with one attached hydrogen (secondary N) is 1. The van der Waals surface area contributed by atoms with E-state index in [1.54, 1.807) is 4.90 Å². The number of carbonyl (C=O) groups excluding carboxylic acids is 1. The molecule has 0 aliphatic carbocycles. The molecule has 0 bridgehead atoms. The van der Waals surface area contributed by atoms with Gasteiger partial charge in [-0.05, 0) is 18.1 Å². The number of carbonyl (C=O) groups is 1. The molecule has 3 N–H and O–H groups in total. The van der Waals surface area contributed by atoms with Crippen LogP contribution in [-0.4, -0.2) is 35.4 Å². The standard InChI is InChI=1S/C15H17N3O/c16-9-15(19)18-7-5-11(6-8-18)13-10-17-14-4-2-1-3-12(13)14/h1-5,10,17H,6-9,16H2. The van der Waals surface area contributed by atoms with Gasteiger partial charge in [-0.25, -0.2) is 0 Å². The lowest BCUT2D eigenvalue weighted by molar-refractivity contribution is -0.129. The van der Waals surface area contributed by atoms with Crippen LogP contribution in [0.5, 0.6) is 0 Å². The third-order valence-corrected chi connectivity index (χ3v) is 3.67. The summed E-state index contributed by atoms with van der Waals surface area (Å²) in [6.07, 6.45) is 5.07. The van der Waals surface area contributed by atoms with E-state index in [2.05, 4.69) is 29.4 Å². The van der Waals surface area contributed by atoms with E-state index in [9.17, 15) is 4.79 Å². The van der Waals surface area contributed by atoms with Crippen molar-refractivity contribution in [1.82, 2.24) is 9.88 Å². The van der Waals surface area contributed by atoms with Gasteiger partial charge < -0.3 is 15.6 Å². The average molecular weight is 255 g/mol. The fourth-order valence-corrected chi connectivity index (χ4v) is 2.61. The van der Waals surface area contributed by atoms with Gasteiger partial charge in [-0.15, -0.1) is 0 Å². The van der Waals surface area contributed by atoms with Crippen LogP contribution >= 0.6 is 0 Å². The zero-order valence-corrected chi connectivity index (χ0v) is 10.7. The first-order valence-electron chi connectivity index (χ1n) is 6.53. The Kier molecular flexibility index (Phi) is 3.09. The third kappa shape index (κ3) is 2.15. The highest BCUT2D eigenvalue weighted by molar-refractivity contribution is 5.93. The normalized spacial score (nSPS) is 15.6. The molecule has 0 unspecified atom stereocenters. The molecule has 1 amide bonds. The van der Waals surface area contributed by atoms with Crippen LogP contribution in [0.3, 0.4) is 0 Å². The Morgan fingerprint density at radius 2 is 2.21 bits per heavy atom. The summed E-state index contributed by atoms with van der Waals surface area (Å²) < 4.78 is 0. The van der Waals surface area contributed by atoms with Crippen molar-refractivity contribution in [2.45, 2.75) is 6.42 Å². The monoisotopic (exact) mass is 255 g/mol. The second-order valence-electron chi connectivity index (χ2n) is 4.77. The van der Waals surface area contributed by atoms with E-state index in [1.165, 1.54) is 16.5 Å². The Morgan fingerprint density at radius 3 is 2.95 bits per heavy atom. The Bertz CT molecular complexity index is 642. The Hall–Kier alpha value is -2.07. The molecule has 1 aromatic carbocycles. The molecule has 0 fully saturated rings. The van der Waals surface area contributed by atoms with Crippen LogP contribution in [0.4, 0.5) is 0 Å². The highest BCUT2D eigenvalue weighted by atomic mass is 16.2. The average Bonchev–Trinajstić information content (AvgIpc) is 2.90. The molecular weight excluding hydrogens is 238 g/mol. The van der Waals surface area contributed by atoms with Crippen LogP contribution in [-0.2, 0) is 4.79 Å². The van der Waals surface area contributed by atoms with Gasteiger partial charge in [0.15, 0.2) is 0 Å². The molecule has 0 atom stereocenters. The van der Waals surface area contributed by atoms with Crippen molar-refractivity contribution in [3.05, 3.63) is 42.1 Å². The van der Waals surface area contributed by atoms with Crippen LogP contribution < -0.4 is 5.73 Å². The molecule has 3 rings (SSSR count). The molecule has 4 nitrogen and oxygen atoms in total. The lowest BCUT2D eigenvalue weighted by atomic mass is 9.99. The molecule has 2 heterocycles. The van der Waals surface area contributed by atoms with Crippen LogP contribution in [0.1, 0.15) is 12.0 Å². The predicted octanol–water partition coefficient (Wildman–Crippen LogP) is 1.74. The summed E-state index contributed by atoms with van der Waals surface area (Å²) in [4.78, 5) is 16.6. The van der Waals surface area contributed by atoms with Gasteiger partial charge in [0.1, 0.15) is 0 Å². The number of amides is 1. The summed E-state index contributed by atoms with van der Waals surface area (Å²) in [6.45, 7) is 1.50. The minimum Gasteiger partial charge on any atom is -0.361 e. The summed E-state index contributed by atoms with van der Waals surface area (Å²) in [5.41, 5.74) is 9.09. The molecule has 4 heteroatoms. The number of nitrogens with zero attached hydrogens (tertiary/aromatic N) is 1. The summed E-state index contributed by atoms with van der Waals surface area (Å²) >= 11 is 0. The van der Waals surface area contributed by atoms with Gasteiger partial charge in [-0.2, -0.15) is 0 Å². The van der Waals surface area contributed by atoms with Gasteiger partial charge in [0.25, 0.3) is 0 Å². The minimum atomic E-state index is 0.0224. The van der Waals surface area contributed by atoms with Crippen molar-refractivity contribution >= 4 is 22.4 Å². The van der Waals surface area contributed by atoms with E-state index >= 15 is 0 Å². The lowest BCUT2D eigenvalue weighted by Crippen LogP contribution is -2.38. The maximum absolute atomic E-state index is 11.5. The molecule has 1 aliphatic heterocycles. The molecule has 0 radical (unpaired) electrons. The predicted molar refractivity (Wildman–Crippen MR) is 76.5 cm³/mol. The zero-order valence-electron chi connectivity index (χ0n) is 10.7. The fraction of sp³-hybridized carbons (Fsp3) is 0.267. The number of rotatable bonds is 2. The first kappa shape index (κ1) is 12.0. The first-order valence-corrected chi connectivity index (χ1v) is 6.53. The van der Waals surface area contributed by atoms with Crippen LogP contribution in [0.2, 0.25) is 0 Å². The number of nitrogens with two attached hydrogens (primary N) is 1. The van der Waals surface area contributed by atoms with Crippen molar-refractivity contribution in [2.75, 3.05) is 19.6 Å². The molecule has 0 saturated carbocycles. The second-order valence-corrected chi connectivity index (χ2v) is 4.77. The summed E-state index contributed by atoms with van der Waals surface area (Å²) in [6, 6.07) is 8.28. The van der Waals surface area contributed by atoms with Crippen LogP contribution in [0.15, 0.2) is 36.5 Å². The van der Waals surface area contributed by atoms with Gasteiger partial charge in [0.05, 0.1) is 6.54 Å². The number of aromatic nitrogens is 1. The quantitative estimate of drug-likeness (QED) is 0.858. The van der Waals surface area contributed by atoms with Crippen LogP contribution in [0.25, 0.3) is 16.5 Å². The van der Waals surface area contributed by atoms with E-state index in [0.29, 0.717) is 6.54 Å². The van der Waals surface area contributed by atoms with E-state index in [4.69, 9.17) is 5.73 Å². The number of fused-ring (bicyclic) bond motifs is 1. The van der Waals surface area contributed by atoms with E-state index in [-0.39, 0.29) is 12.5 Å². The highest BCUT2D eigenvalue weighted by Gasteiger charge is 2.18. The van der Waals surface area contributed by atoms with Gasteiger partial charge in [-0.3, -0.25) is 4.79 Å². The minimum absolute atomic E-state index is 0.0224. The molecular formula is C15H17N3O. The van der Waals surface area contributed by atoms with Crippen molar-refractivity contribution in [2.24, 2.45) is 5.73 Å². The van der Waals surface area contributed by atoms with E-state index < -0.39 is 0 Å². The van der Waals surface area contributed by atoms with Gasteiger partial charge in [0, 0.05) is 35.8 Å². The summed E-state index contributed by atoms with van der Waals surface area (Å²) in [7, 11) is 0. The lowest BCUT2D eigenvalue weighted by Gasteiger charge is -2.26. The van der Waals surface area contributed by atoms with Crippen LogP contribution in [0, 0.1) is 0 Å². The number of aromatic amines is 1. The topological polar surface area (TPSA) is 62.1 Å². The van der Waals surface area contributed by atoms with E-state index in [0.717, 1.165) is 18.5 Å². The smallest absolute Gasteiger partial charge is 0.236 e. The molecule has 1 aliphatic rings. The fourth-order valence-electron chi connectivity index (χ4n) is 2.61. The van der Waals surface area contributed by atoms with E-state index in [1.807, 2.05) is 12.1 Å². The Morgan fingerprint density at radius 1 is 1.37 bits per heavy atom. The number of H-pyrrole nitrogens is 1. The number of hydrogen-bond acceptors (Lipinski definition) is 2. The van der Waals surface area contributed by atoms with Crippen molar-refractivity contribution in [3.8, 4) is 0 Å². The SMILES string of the molecule is NCC(=O)N1CC=C(c2c[nH]c3ccccc23)CC1. The number of para-hydroxylation sites is 1.